The predicted octanol–water partition coefficient (Wildman–Crippen LogP) is 5.04. The summed E-state index contributed by atoms with van der Waals surface area (Å²) >= 11 is 0. The number of ether oxygens (including phenoxy) is 2. The van der Waals surface area contributed by atoms with Crippen LogP contribution in [-0.4, -0.2) is 25.5 Å². The van der Waals surface area contributed by atoms with Crippen molar-refractivity contribution in [2.75, 3.05) is 13.7 Å². The number of methoxy groups -OCH3 is 1. The van der Waals surface area contributed by atoms with Crippen LogP contribution in [0.5, 0.6) is 5.75 Å². The molecular formula is C24H18O4. The molecule has 0 saturated heterocycles. The van der Waals surface area contributed by atoms with Gasteiger partial charge in [0.25, 0.3) is 0 Å². The summed E-state index contributed by atoms with van der Waals surface area (Å²) in [5.74, 6) is 0.0116. The van der Waals surface area contributed by atoms with Crippen molar-refractivity contribution in [1.29, 1.82) is 0 Å². The molecule has 0 aliphatic carbocycles. The molecule has 0 spiro atoms. The van der Waals surface area contributed by atoms with Crippen LogP contribution in [0.4, 0.5) is 0 Å². The van der Waals surface area contributed by atoms with E-state index in [1.165, 1.54) is 0 Å². The van der Waals surface area contributed by atoms with Crippen molar-refractivity contribution >= 4 is 33.3 Å². The number of rotatable bonds is 5. The molecule has 0 aromatic heterocycles. The van der Waals surface area contributed by atoms with Gasteiger partial charge in [-0.15, -0.1) is 0 Å². The fourth-order valence-electron chi connectivity index (χ4n) is 3.22. The van der Waals surface area contributed by atoms with Gasteiger partial charge in [-0.3, -0.25) is 4.79 Å². The molecule has 4 nitrogen and oxygen atoms in total. The molecule has 4 aromatic rings. The summed E-state index contributed by atoms with van der Waals surface area (Å²) in [5.41, 5.74) is 0.958. The highest BCUT2D eigenvalue weighted by molar-refractivity contribution is 6.06. The molecule has 4 aromatic carbocycles. The van der Waals surface area contributed by atoms with E-state index in [4.69, 9.17) is 9.47 Å². The summed E-state index contributed by atoms with van der Waals surface area (Å²) in [6.45, 7) is -0.302. The zero-order valence-corrected chi connectivity index (χ0v) is 15.3. The van der Waals surface area contributed by atoms with E-state index in [0.717, 1.165) is 27.3 Å². The first-order valence-electron chi connectivity index (χ1n) is 8.91. The Morgan fingerprint density at radius 3 is 2.39 bits per heavy atom. The van der Waals surface area contributed by atoms with Gasteiger partial charge in [0, 0.05) is 5.56 Å². The lowest BCUT2D eigenvalue weighted by molar-refractivity contribution is 0.0477. The van der Waals surface area contributed by atoms with Crippen LogP contribution in [0.15, 0.2) is 78.9 Å². The largest absolute Gasteiger partial charge is 0.497 e. The summed E-state index contributed by atoms with van der Waals surface area (Å²) in [6.07, 6.45) is 0. The fourth-order valence-corrected chi connectivity index (χ4v) is 3.22. The monoisotopic (exact) mass is 370 g/mol. The molecule has 0 fully saturated rings. The Labute approximate surface area is 162 Å². The van der Waals surface area contributed by atoms with Gasteiger partial charge in [-0.1, -0.05) is 54.6 Å². The molecule has 0 amide bonds. The molecule has 0 aliphatic rings. The Kier molecular flexibility index (Phi) is 4.77. The van der Waals surface area contributed by atoms with E-state index in [1.54, 1.807) is 31.4 Å². The predicted molar refractivity (Wildman–Crippen MR) is 109 cm³/mol. The molecule has 4 rings (SSSR count). The maximum absolute atomic E-state index is 12.5. The molecule has 0 saturated carbocycles. The normalized spacial score (nSPS) is 10.8. The Morgan fingerprint density at radius 1 is 0.786 bits per heavy atom. The smallest absolute Gasteiger partial charge is 0.339 e. The van der Waals surface area contributed by atoms with Crippen LogP contribution >= 0.6 is 0 Å². The minimum atomic E-state index is -0.504. The first kappa shape index (κ1) is 17.7. The average molecular weight is 370 g/mol. The second-order valence-electron chi connectivity index (χ2n) is 6.45. The van der Waals surface area contributed by atoms with E-state index < -0.39 is 5.97 Å². The Hall–Kier alpha value is -3.66. The molecular weight excluding hydrogens is 352 g/mol. The van der Waals surface area contributed by atoms with Crippen molar-refractivity contribution in [1.82, 2.24) is 0 Å². The van der Waals surface area contributed by atoms with Crippen LogP contribution in [-0.2, 0) is 4.74 Å². The SMILES string of the molecule is COc1ccc2cc(C(=O)COC(=O)c3cccc4ccccc34)ccc2c1. The van der Waals surface area contributed by atoms with Gasteiger partial charge < -0.3 is 9.47 Å². The molecule has 0 aliphatic heterocycles. The van der Waals surface area contributed by atoms with E-state index in [-0.39, 0.29) is 12.4 Å². The molecule has 0 radical (unpaired) electrons. The second-order valence-corrected chi connectivity index (χ2v) is 6.45. The van der Waals surface area contributed by atoms with Crippen molar-refractivity contribution in [2.45, 2.75) is 0 Å². The highest BCUT2D eigenvalue weighted by Gasteiger charge is 2.14. The van der Waals surface area contributed by atoms with Crippen LogP contribution in [0.1, 0.15) is 20.7 Å². The lowest BCUT2D eigenvalue weighted by atomic mass is 10.0. The van der Waals surface area contributed by atoms with Crippen molar-refractivity contribution < 1.29 is 19.1 Å². The number of ketones is 1. The lowest BCUT2D eigenvalue weighted by Crippen LogP contribution is -2.14. The first-order chi connectivity index (χ1) is 13.7. The zero-order valence-electron chi connectivity index (χ0n) is 15.3. The number of esters is 1. The molecule has 138 valence electrons. The van der Waals surface area contributed by atoms with Crippen LogP contribution < -0.4 is 4.74 Å². The molecule has 0 unspecified atom stereocenters. The Morgan fingerprint density at radius 2 is 1.54 bits per heavy atom. The second kappa shape index (κ2) is 7.53. The molecule has 4 heteroatoms. The molecule has 28 heavy (non-hydrogen) atoms. The molecule has 0 N–H and O–H groups in total. The van der Waals surface area contributed by atoms with Crippen molar-refractivity contribution in [3.8, 4) is 5.75 Å². The lowest BCUT2D eigenvalue weighted by Gasteiger charge is -2.08. The van der Waals surface area contributed by atoms with Gasteiger partial charge in [-0.25, -0.2) is 4.79 Å². The van der Waals surface area contributed by atoms with E-state index in [0.29, 0.717) is 11.1 Å². The van der Waals surface area contributed by atoms with E-state index in [1.807, 2.05) is 54.6 Å². The quantitative estimate of drug-likeness (QED) is 0.365. The number of carbonyl (C=O) groups excluding carboxylic acids is 2. The third-order valence-electron chi connectivity index (χ3n) is 4.71. The third kappa shape index (κ3) is 3.45. The first-order valence-corrected chi connectivity index (χ1v) is 8.91. The van der Waals surface area contributed by atoms with Crippen molar-refractivity contribution in [3.05, 3.63) is 90.0 Å². The summed E-state index contributed by atoms with van der Waals surface area (Å²) in [7, 11) is 1.61. The summed E-state index contributed by atoms with van der Waals surface area (Å²) in [4.78, 5) is 25.0. The van der Waals surface area contributed by atoms with Gasteiger partial charge in [0.15, 0.2) is 12.4 Å². The van der Waals surface area contributed by atoms with Crippen LogP contribution in [0.2, 0.25) is 0 Å². The van der Waals surface area contributed by atoms with Gasteiger partial charge in [0.05, 0.1) is 12.7 Å². The maximum Gasteiger partial charge on any atom is 0.339 e. The highest BCUT2D eigenvalue weighted by Crippen LogP contribution is 2.23. The van der Waals surface area contributed by atoms with Crippen molar-refractivity contribution in [3.63, 3.8) is 0 Å². The van der Waals surface area contributed by atoms with Crippen LogP contribution in [0.25, 0.3) is 21.5 Å². The number of carbonyl (C=O) groups is 2. The maximum atomic E-state index is 12.5. The molecule has 0 heterocycles. The topological polar surface area (TPSA) is 52.6 Å². The number of fused-ring (bicyclic) bond motifs is 2. The number of benzene rings is 4. The molecule has 0 atom stereocenters. The highest BCUT2D eigenvalue weighted by atomic mass is 16.5. The minimum absolute atomic E-state index is 0.244. The van der Waals surface area contributed by atoms with Gasteiger partial charge >= 0.3 is 5.97 Å². The average Bonchev–Trinajstić information content (AvgIpc) is 2.76. The number of Topliss-reactive ketones (excluding diaryl/α,β-unsaturated/α-hetero) is 1. The number of hydrogen-bond acceptors (Lipinski definition) is 4. The van der Waals surface area contributed by atoms with Gasteiger partial charge in [-0.2, -0.15) is 0 Å². The summed E-state index contributed by atoms with van der Waals surface area (Å²) in [5, 5.41) is 3.66. The van der Waals surface area contributed by atoms with Crippen molar-refractivity contribution in [2.24, 2.45) is 0 Å². The van der Waals surface area contributed by atoms with E-state index >= 15 is 0 Å². The fraction of sp³-hybridized carbons (Fsp3) is 0.0833. The molecule has 0 bridgehead atoms. The van der Waals surface area contributed by atoms with Gasteiger partial charge in [-0.05, 0) is 45.8 Å². The standard InChI is InChI=1S/C24H18O4/c1-27-20-12-11-17-13-19(10-9-18(17)14-20)23(25)15-28-24(26)22-8-4-6-16-5-2-3-7-21(16)22/h2-14H,15H2,1H3. The summed E-state index contributed by atoms with van der Waals surface area (Å²) < 4.78 is 10.5. The summed E-state index contributed by atoms with van der Waals surface area (Å²) in [6, 6.07) is 24.1. The van der Waals surface area contributed by atoms with E-state index in [2.05, 4.69) is 0 Å². The third-order valence-corrected chi connectivity index (χ3v) is 4.71. The van der Waals surface area contributed by atoms with Gasteiger partial charge in [0.1, 0.15) is 5.75 Å². The van der Waals surface area contributed by atoms with Gasteiger partial charge in [0.2, 0.25) is 0 Å². The van der Waals surface area contributed by atoms with Crippen LogP contribution in [0, 0.1) is 0 Å². The Bertz CT molecular complexity index is 1190. The number of hydrogen-bond donors (Lipinski definition) is 0. The minimum Gasteiger partial charge on any atom is -0.497 e. The zero-order chi connectivity index (χ0) is 19.5. The van der Waals surface area contributed by atoms with Crippen LogP contribution in [0.3, 0.4) is 0 Å². The van der Waals surface area contributed by atoms with E-state index in [9.17, 15) is 9.59 Å². The Balaban J connectivity index is 1.50.